The van der Waals surface area contributed by atoms with Crippen LogP contribution in [-0.4, -0.2) is 75.9 Å². The number of hydrogen-bond acceptors (Lipinski definition) is 7. The molecule has 3 rings (SSSR count). The fourth-order valence-electron chi connectivity index (χ4n) is 3.77. The van der Waals surface area contributed by atoms with Crippen molar-refractivity contribution in [2.75, 3.05) is 41.5 Å². The lowest BCUT2D eigenvalue weighted by Crippen LogP contribution is -2.31. The molecule has 0 aliphatic carbocycles. The summed E-state index contributed by atoms with van der Waals surface area (Å²) in [6.45, 7) is 0.659. The van der Waals surface area contributed by atoms with E-state index in [-0.39, 0.29) is 28.3 Å². The molecule has 10 heteroatoms. The van der Waals surface area contributed by atoms with Crippen LogP contribution in [-0.2, 0) is 24.3 Å². The molecule has 2 aromatic carbocycles. The number of ether oxygens (including phenoxy) is 2. The zero-order valence-electron chi connectivity index (χ0n) is 19.5. The monoisotopic (exact) mass is 488 g/mol. The van der Waals surface area contributed by atoms with Crippen molar-refractivity contribution in [3.05, 3.63) is 65.2 Å². The van der Waals surface area contributed by atoms with E-state index >= 15 is 0 Å². The number of aliphatic hydroxyl groups is 1. The molecule has 9 nitrogen and oxygen atoms in total. The number of rotatable bonds is 9. The van der Waals surface area contributed by atoms with Crippen LogP contribution in [0.3, 0.4) is 0 Å². The Labute approximate surface area is 199 Å². The lowest BCUT2D eigenvalue weighted by Gasteiger charge is -2.25. The number of likely N-dealkylation sites (tertiary alicyclic amines) is 1. The minimum atomic E-state index is -3.66. The van der Waals surface area contributed by atoms with Crippen molar-refractivity contribution in [1.29, 1.82) is 0 Å². The normalized spacial score (nSPS) is 18.0. The highest BCUT2D eigenvalue weighted by atomic mass is 32.2. The second kappa shape index (κ2) is 10.4. The van der Waals surface area contributed by atoms with Crippen LogP contribution in [0.4, 0.5) is 0 Å². The molecule has 34 heavy (non-hydrogen) atoms. The van der Waals surface area contributed by atoms with Gasteiger partial charge in [0.2, 0.25) is 10.0 Å². The van der Waals surface area contributed by atoms with E-state index in [2.05, 4.69) is 0 Å². The van der Waals surface area contributed by atoms with Crippen LogP contribution in [0.25, 0.3) is 5.76 Å². The van der Waals surface area contributed by atoms with Crippen LogP contribution in [0, 0.1) is 0 Å². The Hall–Kier alpha value is -3.21. The number of benzene rings is 2. The molecule has 1 saturated heterocycles. The van der Waals surface area contributed by atoms with Gasteiger partial charge < -0.3 is 19.5 Å². The molecule has 0 bridgehead atoms. The lowest BCUT2D eigenvalue weighted by atomic mass is 9.95. The molecular weight excluding hydrogens is 460 g/mol. The average Bonchev–Trinajstić information content (AvgIpc) is 3.08. The number of ketones is 1. The number of carbonyl (C=O) groups is 2. The second-order valence-electron chi connectivity index (χ2n) is 7.92. The minimum Gasteiger partial charge on any atom is -0.507 e. The second-order valence-corrected chi connectivity index (χ2v) is 10.1. The van der Waals surface area contributed by atoms with E-state index in [0.29, 0.717) is 24.3 Å². The molecule has 0 spiro atoms. The van der Waals surface area contributed by atoms with Crippen LogP contribution < -0.4 is 4.74 Å². The van der Waals surface area contributed by atoms with E-state index in [9.17, 15) is 23.1 Å². The third-order valence-electron chi connectivity index (χ3n) is 5.63. The van der Waals surface area contributed by atoms with E-state index < -0.39 is 27.8 Å². The molecule has 0 unspecified atom stereocenters. The number of hydrogen-bond donors (Lipinski definition) is 1. The first kappa shape index (κ1) is 25.4. The van der Waals surface area contributed by atoms with Crippen molar-refractivity contribution in [3.8, 4) is 5.75 Å². The Bertz CT molecular complexity index is 1190. The quantitative estimate of drug-likeness (QED) is 0.250. The number of methoxy groups -OCH3 is 2. The molecule has 1 amide bonds. The predicted molar refractivity (Wildman–Crippen MR) is 126 cm³/mol. The molecule has 0 aromatic heterocycles. The van der Waals surface area contributed by atoms with Gasteiger partial charge in [0.1, 0.15) is 11.5 Å². The number of nitrogens with zero attached hydrogens (tertiary/aromatic N) is 2. The van der Waals surface area contributed by atoms with E-state index in [1.807, 2.05) is 0 Å². The molecule has 1 heterocycles. The summed E-state index contributed by atoms with van der Waals surface area (Å²) >= 11 is 0. The van der Waals surface area contributed by atoms with Crippen molar-refractivity contribution < 1.29 is 32.6 Å². The SMILES string of the molecule is COCCCN1C(=O)C(=O)/C(=C(/O)c2ccc(S(=O)(=O)N(C)C)cc2)[C@H]1c1ccc(OC)cc1. The average molecular weight is 489 g/mol. The van der Waals surface area contributed by atoms with Gasteiger partial charge in [-0.25, -0.2) is 12.7 Å². The van der Waals surface area contributed by atoms with Gasteiger partial charge in [0.25, 0.3) is 11.7 Å². The van der Waals surface area contributed by atoms with Crippen LogP contribution >= 0.6 is 0 Å². The Morgan fingerprint density at radius 3 is 2.18 bits per heavy atom. The summed E-state index contributed by atoms with van der Waals surface area (Å²) in [5.41, 5.74) is 0.799. The number of carbonyl (C=O) groups excluding carboxylic acids is 2. The molecule has 0 radical (unpaired) electrons. The zero-order valence-corrected chi connectivity index (χ0v) is 20.3. The highest BCUT2D eigenvalue weighted by molar-refractivity contribution is 7.89. The largest absolute Gasteiger partial charge is 0.507 e. The summed E-state index contributed by atoms with van der Waals surface area (Å²) in [5, 5.41) is 11.1. The molecular formula is C24H28N2O7S. The van der Waals surface area contributed by atoms with Crippen molar-refractivity contribution in [1.82, 2.24) is 9.21 Å². The lowest BCUT2D eigenvalue weighted by molar-refractivity contribution is -0.140. The number of amides is 1. The first-order valence-electron chi connectivity index (χ1n) is 10.6. The predicted octanol–water partition coefficient (Wildman–Crippen LogP) is 2.40. The molecule has 1 atom stereocenters. The van der Waals surface area contributed by atoms with Crippen molar-refractivity contribution in [2.24, 2.45) is 0 Å². The van der Waals surface area contributed by atoms with Gasteiger partial charge in [-0.05, 0) is 48.4 Å². The number of aliphatic hydroxyl groups excluding tert-OH is 1. The first-order valence-corrected chi connectivity index (χ1v) is 12.0. The van der Waals surface area contributed by atoms with Crippen LogP contribution in [0.5, 0.6) is 5.75 Å². The summed E-state index contributed by atoms with van der Waals surface area (Å²) in [6, 6.07) is 11.6. The Kier molecular flexibility index (Phi) is 7.75. The molecule has 1 fully saturated rings. The van der Waals surface area contributed by atoms with Gasteiger partial charge in [0.15, 0.2) is 0 Å². The van der Waals surface area contributed by atoms with Gasteiger partial charge in [0.05, 0.1) is 23.6 Å². The van der Waals surface area contributed by atoms with Gasteiger partial charge >= 0.3 is 0 Å². The summed E-state index contributed by atoms with van der Waals surface area (Å²) in [6.07, 6.45) is 0.507. The van der Waals surface area contributed by atoms with Gasteiger partial charge in [0, 0.05) is 39.9 Å². The van der Waals surface area contributed by atoms with Gasteiger partial charge in [-0.1, -0.05) is 12.1 Å². The summed E-state index contributed by atoms with van der Waals surface area (Å²) < 4.78 is 36.1. The minimum absolute atomic E-state index is 0.0424. The first-order chi connectivity index (χ1) is 16.1. The maximum atomic E-state index is 13.0. The van der Waals surface area contributed by atoms with Gasteiger partial charge in [-0.2, -0.15) is 0 Å². The summed E-state index contributed by atoms with van der Waals surface area (Å²) in [7, 11) is 2.27. The van der Waals surface area contributed by atoms with Crippen LogP contribution in [0.15, 0.2) is 59.0 Å². The smallest absolute Gasteiger partial charge is 0.295 e. The highest BCUT2D eigenvalue weighted by Crippen LogP contribution is 2.40. The van der Waals surface area contributed by atoms with E-state index in [0.717, 1.165) is 4.31 Å². The van der Waals surface area contributed by atoms with Gasteiger partial charge in [-0.15, -0.1) is 0 Å². The Morgan fingerprint density at radius 1 is 1.03 bits per heavy atom. The third-order valence-corrected chi connectivity index (χ3v) is 7.45. The van der Waals surface area contributed by atoms with Crippen molar-refractivity contribution >= 4 is 27.5 Å². The van der Waals surface area contributed by atoms with Crippen molar-refractivity contribution in [3.63, 3.8) is 0 Å². The fourth-order valence-corrected chi connectivity index (χ4v) is 4.68. The topological polar surface area (TPSA) is 113 Å². The standard InChI is InChI=1S/C24H28N2O7S/c1-25(2)34(30,31)19-12-8-17(9-13-19)22(27)20-21(16-6-10-18(33-4)11-7-16)26(14-5-15-32-3)24(29)23(20)28/h6-13,21,27H,5,14-15H2,1-4H3/b22-20+/t21-/m1/s1. The maximum absolute atomic E-state index is 13.0. The van der Waals surface area contributed by atoms with Crippen LogP contribution in [0.1, 0.15) is 23.6 Å². The summed E-state index contributed by atoms with van der Waals surface area (Å²) in [4.78, 5) is 27.4. The van der Waals surface area contributed by atoms with E-state index in [4.69, 9.17) is 9.47 Å². The molecule has 1 aliphatic heterocycles. The number of sulfonamides is 1. The highest BCUT2D eigenvalue weighted by Gasteiger charge is 2.45. The Morgan fingerprint density at radius 2 is 1.65 bits per heavy atom. The van der Waals surface area contributed by atoms with E-state index in [1.54, 1.807) is 31.4 Å². The van der Waals surface area contributed by atoms with Crippen LogP contribution in [0.2, 0.25) is 0 Å². The van der Waals surface area contributed by atoms with Gasteiger partial charge in [-0.3, -0.25) is 9.59 Å². The maximum Gasteiger partial charge on any atom is 0.295 e. The Balaban J connectivity index is 2.09. The molecule has 2 aromatic rings. The van der Waals surface area contributed by atoms with E-state index in [1.165, 1.54) is 50.4 Å². The summed E-state index contributed by atoms with van der Waals surface area (Å²) in [5.74, 6) is -1.29. The van der Waals surface area contributed by atoms with Crippen molar-refractivity contribution in [2.45, 2.75) is 17.4 Å². The third kappa shape index (κ3) is 4.84. The number of Topliss-reactive ketones (excluding diaryl/α,β-unsaturated/α-hetero) is 1. The molecule has 182 valence electrons. The molecule has 1 N–H and O–H groups in total. The molecule has 0 saturated carbocycles. The zero-order chi connectivity index (χ0) is 25.0. The fraction of sp³-hybridized carbons (Fsp3) is 0.333. The molecule has 1 aliphatic rings.